The fourth-order valence-corrected chi connectivity index (χ4v) is 6.84. The first kappa shape index (κ1) is 31.7. The number of aromatic nitrogens is 8. The van der Waals surface area contributed by atoms with E-state index in [1.807, 2.05) is 42.7 Å². The van der Waals surface area contributed by atoms with Crippen LogP contribution >= 0.6 is 0 Å². The summed E-state index contributed by atoms with van der Waals surface area (Å²) in [5.74, 6) is 2.72. The first-order valence-electron chi connectivity index (χ1n) is 17.4. The van der Waals surface area contributed by atoms with Crippen LogP contribution in [0.4, 0.5) is 11.6 Å². The van der Waals surface area contributed by atoms with Gasteiger partial charge in [0.2, 0.25) is 0 Å². The molecule has 258 valence electrons. The molecule has 1 unspecified atom stereocenters. The molecule has 7 heterocycles. The number of piperidine rings is 3. The molecule has 3 fully saturated rings. The van der Waals surface area contributed by atoms with Gasteiger partial charge in [0.15, 0.2) is 22.3 Å². The van der Waals surface area contributed by atoms with Crippen molar-refractivity contribution in [1.29, 1.82) is 0 Å². The highest BCUT2D eigenvalue weighted by Gasteiger charge is 2.36. The van der Waals surface area contributed by atoms with Crippen molar-refractivity contribution in [3.63, 3.8) is 0 Å². The molecule has 5 N–H and O–H groups in total. The van der Waals surface area contributed by atoms with Gasteiger partial charge in [-0.05, 0) is 64.5 Å². The molecule has 8 rings (SSSR count). The van der Waals surface area contributed by atoms with E-state index in [9.17, 15) is 0 Å². The zero-order valence-corrected chi connectivity index (χ0v) is 28.2. The summed E-state index contributed by atoms with van der Waals surface area (Å²) in [6.45, 7) is 10.4. The maximum absolute atomic E-state index is 6.12. The predicted molar refractivity (Wildman–Crippen MR) is 187 cm³/mol. The highest BCUT2D eigenvalue weighted by molar-refractivity contribution is 5.77. The molecule has 1 aromatic carbocycles. The van der Waals surface area contributed by atoms with Gasteiger partial charge >= 0.3 is 0 Å². The van der Waals surface area contributed by atoms with Gasteiger partial charge < -0.3 is 24.6 Å². The third-order valence-corrected chi connectivity index (χ3v) is 10.2. The van der Waals surface area contributed by atoms with Crippen LogP contribution in [0.2, 0.25) is 0 Å². The van der Waals surface area contributed by atoms with Crippen molar-refractivity contribution < 1.29 is 9.47 Å². The van der Waals surface area contributed by atoms with Crippen LogP contribution in [-0.4, -0.2) is 96.8 Å². The SMILES string of the molecule is CC1(NNC2(C)CCN(c3cnc4c(OC5CCCNC5)n[nH]c4n3)CC2)CCN(c2cnc3c(OCc4ccccc4)n[nH]c3n2)CC1. The van der Waals surface area contributed by atoms with Crippen molar-refractivity contribution in [2.75, 3.05) is 49.1 Å². The summed E-state index contributed by atoms with van der Waals surface area (Å²) < 4.78 is 12.0. The monoisotopic (exact) mass is 667 g/mol. The van der Waals surface area contributed by atoms with Gasteiger partial charge in [0.1, 0.15) is 24.3 Å². The number of rotatable bonds is 10. The number of anilines is 2. The molecule has 0 saturated carbocycles. The molecular weight excluding hydrogens is 622 g/mol. The van der Waals surface area contributed by atoms with E-state index in [0.717, 1.165) is 95.0 Å². The van der Waals surface area contributed by atoms with Crippen LogP contribution in [0.3, 0.4) is 0 Å². The number of ether oxygens (including phenoxy) is 2. The summed E-state index contributed by atoms with van der Waals surface area (Å²) in [5, 5.41) is 18.1. The Labute approximate surface area is 284 Å². The van der Waals surface area contributed by atoms with Gasteiger partial charge in [-0.25, -0.2) is 19.9 Å². The summed E-state index contributed by atoms with van der Waals surface area (Å²) in [5.41, 5.74) is 11.1. The largest absolute Gasteiger partial charge is 0.470 e. The molecule has 3 aliphatic rings. The smallest absolute Gasteiger partial charge is 0.261 e. The van der Waals surface area contributed by atoms with Gasteiger partial charge in [-0.1, -0.05) is 30.3 Å². The Balaban J connectivity index is 0.815. The summed E-state index contributed by atoms with van der Waals surface area (Å²) in [6, 6.07) is 10.0. The van der Waals surface area contributed by atoms with Gasteiger partial charge in [0, 0.05) is 43.8 Å². The molecule has 15 heteroatoms. The van der Waals surface area contributed by atoms with E-state index in [1.54, 1.807) is 0 Å². The maximum Gasteiger partial charge on any atom is 0.261 e. The number of nitrogens with zero attached hydrogens (tertiary/aromatic N) is 8. The Morgan fingerprint density at radius 1 is 0.796 bits per heavy atom. The molecule has 3 saturated heterocycles. The van der Waals surface area contributed by atoms with Gasteiger partial charge in [-0.2, -0.15) is 0 Å². The minimum atomic E-state index is -0.0365. The fourth-order valence-electron chi connectivity index (χ4n) is 6.84. The molecule has 1 atom stereocenters. The van der Waals surface area contributed by atoms with E-state index in [-0.39, 0.29) is 17.2 Å². The number of benzene rings is 1. The van der Waals surface area contributed by atoms with Crippen LogP contribution in [0, 0.1) is 0 Å². The molecule has 0 amide bonds. The second kappa shape index (κ2) is 13.4. The number of H-pyrrole nitrogens is 2. The molecule has 49 heavy (non-hydrogen) atoms. The quantitative estimate of drug-likeness (QED) is 0.138. The number of hydrogen-bond donors (Lipinski definition) is 5. The number of fused-ring (bicyclic) bond motifs is 2. The maximum atomic E-state index is 6.12. The topological polar surface area (TPSA) is 170 Å². The summed E-state index contributed by atoms with van der Waals surface area (Å²) in [6.07, 6.45) is 9.81. The first-order chi connectivity index (χ1) is 23.9. The summed E-state index contributed by atoms with van der Waals surface area (Å²) in [4.78, 5) is 23.6. The zero-order chi connectivity index (χ0) is 33.3. The lowest BCUT2D eigenvalue weighted by Gasteiger charge is -2.45. The second-order valence-corrected chi connectivity index (χ2v) is 14.1. The summed E-state index contributed by atoms with van der Waals surface area (Å²) >= 11 is 0. The normalized spacial score (nSPS) is 20.9. The van der Waals surface area contributed by atoms with E-state index in [4.69, 9.17) is 24.4 Å². The third kappa shape index (κ3) is 6.96. The Morgan fingerprint density at radius 2 is 1.37 bits per heavy atom. The van der Waals surface area contributed by atoms with Crippen LogP contribution in [0.15, 0.2) is 42.7 Å². The predicted octanol–water partition coefficient (Wildman–Crippen LogP) is 3.24. The van der Waals surface area contributed by atoms with Crippen LogP contribution < -0.4 is 35.4 Å². The fraction of sp³-hybridized carbons (Fsp3) is 0.529. The molecule has 3 aliphatic heterocycles. The van der Waals surface area contributed by atoms with Crippen LogP contribution in [-0.2, 0) is 6.61 Å². The Bertz CT molecular complexity index is 1860. The van der Waals surface area contributed by atoms with Crippen molar-refractivity contribution in [3.05, 3.63) is 48.3 Å². The van der Waals surface area contributed by atoms with Crippen LogP contribution in [0.1, 0.15) is 57.9 Å². The average Bonchev–Trinajstić information content (AvgIpc) is 3.74. The zero-order valence-electron chi connectivity index (χ0n) is 28.2. The van der Waals surface area contributed by atoms with E-state index < -0.39 is 0 Å². The highest BCUT2D eigenvalue weighted by atomic mass is 16.5. The molecular formula is C34H45N13O2. The van der Waals surface area contributed by atoms with Gasteiger partial charge in [0.25, 0.3) is 11.8 Å². The number of hydrogen-bond acceptors (Lipinski definition) is 13. The highest BCUT2D eigenvalue weighted by Crippen LogP contribution is 2.30. The van der Waals surface area contributed by atoms with Gasteiger partial charge in [-0.3, -0.25) is 21.0 Å². The van der Waals surface area contributed by atoms with Crippen molar-refractivity contribution in [3.8, 4) is 11.8 Å². The average molecular weight is 668 g/mol. The molecule has 15 nitrogen and oxygen atoms in total. The van der Waals surface area contributed by atoms with Gasteiger partial charge in [-0.15, -0.1) is 10.2 Å². The lowest BCUT2D eigenvalue weighted by Crippen LogP contribution is -2.63. The standard InChI is InChI=1S/C34H45N13O2/c1-33(10-15-46(16-11-33)25-20-36-27-29(38-25)40-42-31(27)48-22-23-7-4-3-5-8-23)44-45-34(2)12-17-47(18-13-34)26-21-37-28-30(39-26)41-43-32(28)49-24-9-6-14-35-19-24/h3-5,7-8,20-21,24,35,44-45H,6,9-19,22H2,1-2H3,(H,38,40,42)(H,39,41,43). The van der Waals surface area contributed by atoms with Crippen molar-refractivity contribution in [2.24, 2.45) is 0 Å². The molecule has 5 aromatic rings. The third-order valence-electron chi connectivity index (χ3n) is 10.2. The molecule has 0 bridgehead atoms. The van der Waals surface area contributed by atoms with E-state index in [1.165, 1.54) is 0 Å². The van der Waals surface area contributed by atoms with E-state index >= 15 is 0 Å². The Morgan fingerprint density at radius 3 is 1.94 bits per heavy atom. The second-order valence-electron chi connectivity index (χ2n) is 14.1. The molecule has 4 aromatic heterocycles. The first-order valence-corrected chi connectivity index (χ1v) is 17.4. The lowest BCUT2D eigenvalue weighted by atomic mass is 9.88. The molecule has 0 radical (unpaired) electrons. The van der Waals surface area contributed by atoms with Crippen molar-refractivity contribution >= 4 is 34.0 Å². The Kier molecular flexibility index (Phi) is 8.64. The molecule has 0 spiro atoms. The van der Waals surface area contributed by atoms with Crippen LogP contribution in [0.5, 0.6) is 11.8 Å². The minimum absolute atomic E-state index is 0.0331. The Hall–Kier alpha value is -4.60. The van der Waals surface area contributed by atoms with E-state index in [2.05, 4.69) is 65.2 Å². The summed E-state index contributed by atoms with van der Waals surface area (Å²) in [7, 11) is 0. The van der Waals surface area contributed by atoms with Crippen molar-refractivity contribution in [1.82, 2.24) is 56.5 Å². The molecule has 0 aliphatic carbocycles. The van der Waals surface area contributed by atoms with E-state index in [0.29, 0.717) is 40.7 Å². The van der Waals surface area contributed by atoms with Crippen molar-refractivity contribution in [2.45, 2.75) is 76.2 Å². The number of nitrogens with one attached hydrogen (secondary N) is 5. The number of aromatic amines is 2. The number of hydrazine groups is 1. The minimum Gasteiger partial charge on any atom is -0.470 e. The van der Waals surface area contributed by atoms with Gasteiger partial charge in [0.05, 0.1) is 12.4 Å². The lowest BCUT2D eigenvalue weighted by molar-refractivity contribution is 0.162. The van der Waals surface area contributed by atoms with Crippen LogP contribution in [0.25, 0.3) is 22.3 Å².